The van der Waals surface area contributed by atoms with Gasteiger partial charge in [0.1, 0.15) is 47.9 Å². The van der Waals surface area contributed by atoms with Gasteiger partial charge in [0.2, 0.25) is 23.6 Å². The third kappa shape index (κ3) is 10.3. The normalized spacial score (nSPS) is 22.3. The highest BCUT2D eigenvalue weighted by Crippen LogP contribution is 2.24. The highest BCUT2D eigenvalue weighted by Gasteiger charge is 2.34. The van der Waals surface area contributed by atoms with Crippen LogP contribution in [0.3, 0.4) is 0 Å². The minimum atomic E-state index is -1.45. The Bertz CT molecular complexity index is 1910. The van der Waals surface area contributed by atoms with Gasteiger partial charge in [-0.25, -0.2) is 0 Å². The zero-order valence-electron chi connectivity index (χ0n) is 30.9. The van der Waals surface area contributed by atoms with Crippen LogP contribution in [0.1, 0.15) is 49.3 Å². The fourth-order valence-corrected chi connectivity index (χ4v) is 6.68. The molecular weight excluding hydrogens is 711 g/mol. The molecule has 0 spiro atoms. The summed E-state index contributed by atoms with van der Waals surface area (Å²) in [5.41, 5.74) is 2.50. The molecule has 0 saturated heterocycles. The molecule has 15 heteroatoms. The van der Waals surface area contributed by atoms with Crippen molar-refractivity contribution in [3.05, 3.63) is 95.0 Å². The van der Waals surface area contributed by atoms with Gasteiger partial charge in [-0.15, -0.1) is 11.3 Å². The second-order valence-electron chi connectivity index (χ2n) is 13.8. The summed E-state index contributed by atoms with van der Waals surface area (Å²) >= 11 is 1.48. The van der Waals surface area contributed by atoms with Gasteiger partial charge in [-0.2, -0.15) is 5.10 Å². The third-order valence-corrected chi connectivity index (χ3v) is 9.95. The van der Waals surface area contributed by atoms with E-state index in [1.54, 1.807) is 51.2 Å². The predicted molar refractivity (Wildman–Crippen MR) is 203 cm³/mol. The molecule has 4 heterocycles. The fourth-order valence-electron chi connectivity index (χ4n) is 6.00. The van der Waals surface area contributed by atoms with Crippen molar-refractivity contribution in [3.8, 4) is 16.3 Å². The Hall–Kier alpha value is -5.54. The van der Waals surface area contributed by atoms with Crippen molar-refractivity contribution < 1.29 is 33.8 Å². The summed E-state index contributed by atoms with van der Waals surface area (Å²) in [6.45, 7) is 6.40. The topological polar surface area (TPSA) is 193 Å². The average Bonchev–Trinajstić information content (AvgIpc) is 3.82. The molecule has 6 atom stereocenters. The fraction of sp³-hybridized carbons (Fsp3) is 0.385. The summed E-state index contributed by atoms with van der Waals surface area (Å²) in [5.74, 6) is -3.03. The number of aliphatic hydroxyl groups excluding tert-OH is 1. The maximum atomic E-state index is 13.8. The first-order valence-corrected chi connectivity index (χ1v) is 18.7. The van der Waals surface area contributed by atoms with E-state index >= 15 is 0 Å². The van der Waals surface area contributed by atoms with E-state index in [0.717, 1.165) is 10.4 Å². The van der Waals surface area contributed by atoms with Gasteiger partial charge in [-0.05, 0) is 67.0 Å². The van der Waals surface area contributed by atoms with Crippen molar-refractivity contribution in [2.75, 3.05) is 6.61 Å². The first-order chi connectivity index (χ1) is 25.8. The quantitative estimate of drug-likeness (QED) is 0.155. The van der Waals surface area contributed by atoms with Crippen LogP contribution in [-0.4, -0.2) is 87.3 Å². The number of aromatic nitrogens is 2. The number of ether oxygens (including phenoxy) is 1. The number of benzene rings is 2. The molecule has 286 valence electrons. The van der Waals surface area contributed by atoms with E-state index in [1.807, 2.05) is 47.8 Å². The number of hydrogen-bond donors (Lipinski definition) is 6. The van der Waals surface area contributed by atoms with Crippen LogP contribution in [-0.2, 0) is 39.1 Å². The number of nitrogens with one attached hydrogen (secondary N) is 5. The summed E-state index contributed by atoms with van der Waals surface area (Å²) in [6.07, 6.45) is -0.850. The van der Waals surface area contributed by atoms with E-state index in [2.05, 4.69) is 31.7 Å². The molecule has 0 fully saturated rings. The Morgan fingerprint density at radius 3 is 2.24 bits per heavy atom. The number of hydrogen-bond acceptors (Lipinski definition) is 9. The molecule has 2 aliphatic heterocycles. The molecule has 2 aromatic heterocycles. The molecule has 4 aromatic rings. The summed E-state index contributed by atoms with van der Waals surface area (Å²) in [5, 5.41) is 30.6. The van der Waals surface area contributed by atoms with Crippen LogP contribution in [0, 0.1) is 5.92 Å². The van der Waals surface area contributed by atoms with E-state index in [9.17, 15) is 29.1 Å². The molecular formula is C39H47N7O7S. The number of rotatable bonds is 7. The highest BCUT2D eigenvalue weighted by molar-refractivity contribution is 7.13. The van der Waals surface area contributed by atoms with Gasteiger partial charge in [0.25, 0.3) is 5.91 Å². The van der Waals surface area contributed by atoms with Gasteiger partial charge in [-0.3, -0.25) is 28.7 Å². The Morgan fingerprint density at radius 2 is 1.59 bits per heavy atom. The summed E-state index contributed by atoms with van der Waals surface area (Å²) in [6, 6.07) is 16.8. The Kier molecular flexibility index (Phi) is 13.2. The van der Waals surface area contributed by atoms with Crippen molar-refractivity contribution in [1.29, 1.82) is 0 Å². The second-order valence-corrected chi connectivity index (χ2v) is 14.7. The van der Waals surface area contributed by atoms with E-state index in [0.29, 0.717) is 23.4 Å². The molecule has 6 rings (SSSR count). The lowest BCUT2D eigenvalue weighted by Gasteiger charge is -2.29. The standard InChI is InChI=1S/C39H47N7O7S/c1-22(2)33-38(51)41-27(18-25-10-7-6-8-11-25)21-53-28-15-13-26(14-16-28)19-30(36(49)40-23(3)35(48)44-34(24(4)47)39(52)43-33)42-37(50)31-20-29(45-46(31)5)32-12-9-17-54-32/h6-17,20,22-24,27,30,33-34,47H,18-19,21H2,1-5H3,(H,40,49)(H,41,51)(H,42,50)(H,43,52)(H,44,48)/t23-,24-,27+,30+,33-,34+/m1/s1. The predicted octanol–water partition coefficient (Wildman–Crippen LogP) is 2.12. The summed E-state index contributed by atoms with van der Waals surface area (Å²) < 4.78 is 7.58. The lowest BCUT2D eigenvalue weighted by molar-refractivity contribution is -0.136. The number of fused-ring (bicyclic) bond motifs is 17. The lowest BCUT2D eigenvalue weighted by atomic mass is 10.0. The van der Waals surface area contributed by atoms with E-state index in [1.165, 1.54) is 29.9 Å². The molecule has 54 heavy (non-hydrogen) atoms. The molecule has 5 amide bonds. The van der Waals surface area contributed by atoms with Crippen LogP contribution in [0.25, 0.3) is 10.6 Å². The minimum Gasteiger partial charge on any atom is -0.491 e. The molecule has 0 saturated carbocycles. The van der Waals surface area contributed by atoms with Gasteiger partial charge in [-0.1, -0.05) is 62.4 Å². The van der Waals surface area contributed by atoms with Crippen molar-refractivity contribution in [3.63, 3.8) is 0 Å². The number of aryl methyl sites for hydroxylation is 1. The maximum Gasteiger partial charge on any atom is 0.270 e. The zero-order valence-corrected chi connectivity index (χ0v) is 31.7. The van der Waals surface area contributed by atoms with E-state index in [-0.39, 0.29) is 24.6 Å². The van der Waals surface area contributed by atoms with Crippen molar-refractivity contribution in [2.45, 2.75) is 76.8 Å². The molecule has 2 bridgehead atoms. The van der Waals surface area contributed by atoms with Gasteiger partial charge in [0.15, 0.2) is 0 Å². The maximum absolute atomic E-state index is 13.8. The van der Waals surface area contributed by atoms with Gasteiger partial charge >= 0.3 is 0 Å². The number of aliphatic hydroxyl groups is 1. The average molecular weight is 758 g/mol. The van der Waals surface area contributed by atoms with Crippen LogP contribution in [0.15, 0.2) is 78.2 Å². The molecule has 0 aliphatic carbocycles. The molecule has 2 aromatic carbocycles. The number of thiophene rings is 1. The summed E-state index contributed by atoms with van der Waals surface area (Å²) in [7, 11) is 1.64. The Morgan fingerprint density at radius 1 is 0.907 bits per heavy atom. The number of carbonyl (C=O) groups excluding carboxylic acids is 5. The highest BCUT2D eigenvalue weighted by atomic mass is 32.1. The molecule has 0 unspecified atom stereocenters. The van der Waals surface area contributed by atoms with Gasteiger partial charge in [0, 0.05) is 13.5 Å². The number of amides is 5. The minimum absolute atomic E-state index is 0.0593. The van der Waals surface area contributed by atoms with Crippen molar-refractivity contribution in [2.24, 2.45) is 13.0 Å². The Balaban J connectivity index is 1.44. The van der Waals surface area contributed by atoms with E-state index < -0.39 is 65.8 Å². The van der Waals surface area contributed by atoms with Crippen LogP contribution in [0.2, 0.25) is 0 Å². The smallest absolute Gasteiger partial charge is 0.270 e. The Labute approximate surface area is 318 Å². The van der Waals surface area contributed by atoms with Crippen LogP contribution < -0.4 is 31.3 Å². The van der Waals surface area contributed by atoms with Crippen LogP contribution >= 0.6 is 11.3 Å². The molecule has 2 aliphatic rings. The van der Waals surface area contributed by atoms with Crippen LogP contribution in [0.4, 0.5) is 0 Å². The first kappa shape index (κ1) is 39.7. The SMILES string of the molecule is CC(C)[C@H]1NC(=O)[C@H]([C@@H](C)O)NC(=O)[C@@H](C)NC(=O)[C@@H](NC(=O)c2cc(-c3cccs3)nn2C)Cc2ccc(cc2)OC[C@H](Cc2ccccc2)NC1=O. The van der Waals surface area contributed by atoms with Gasteiger partial charge < -0.3 is 36.4 Å². The number of nitrogens with zero attached hydrogens (tertiary/aromatic N) is 2. The largest absolute Gasteiger partial charge is 0.491 e. The molecule has 14 nitrogen and oxygen atoms in total. The van der Waals surface area contributed by atoms with E-state index in [4.69, 9.17) is 4.74 Å². The lowest BCUT2D eigenvalue weighted by Crippen LogP contribution is -2.61. The molecule has 0 radical (unpaired) electrons. The molecule has 6 N–H and O–H groups in total. The van der Waals surface area contributed by atoms with Crippen molar-refractivity contribution in [1.82, 2.24) is 36.4 Å². The zero-order chi connectivity index (χ0) is 38.9. The summed E-state index contributed by atoms with van der Waals surface area (Å²) in [4.78, 5) is 68.9. The monoisotopic (exact) mass is 757 g/mol. The first-order valence-electron chi connectivity index (χ1n) is 17.8. The second kappa shape index (κ2) is 18.0. The number of carbonyl (C=O) groups is 5. The van der Waals surface area contributed by atoms with Crippen molar-refractivity contribution >= 4 is 40.9 Å². The van der Waals surface area contributed by atoms with Gasteiger partial charge in [0.05, 0.1) is 17.0 Å². The van der Waals surface area contributed by atoms with Crippen LogP contribution in [0.5, 0.6) is 5.75 Å². The third-order valence-electron chi connectivity index (χ3n) is 9.06.